The molecule has 0 N–H and O–H groups in total. The van der Waals surface area contributed by atoms with E-state index in [9.17, 15) is 9.59 Å². The number of hydrogen-bond donors (Lipinski definition) is 0. The Morgan fingerprint density at radius 1 is 1.06 bits per heavy atom. The van der Waals surface area contributed by atoms with Gasteiger partial charge in [0.25, 0.3) is 0 Å². The molecule has 2 aliphatic rings. The number of nitrogens with zero attached hydrogens (tertiary/aromatic N) is 1. The zero-order valence-corrected chi connectivity index (χ0v) is 22.0. The molecule has 6 heteroatoms. The van der Waals surface area contributed by atoms with Crippen molar-refractivity contribution in [3.63, 3.8) is 0 Å². The average Bonchev–Trinajstić information content (AvgIpc) is 2.87. The standard InChI is InChI=1S/C30H35NO5/c1-7-18(3)36-30(33)27-19(4)31-23-14-21(20-12-13-25(34-5)26(16-20)35-6)15-24(32)29(23)28(27)22-11-9-8-10-17(22)2/h8-13,16,18,21,27-28H,7,14-15H2,1-6H3/t18-,21-,27?,28-/m1/s1. The van der Waals surface area contributed by atoms with Gasteiger partial charge in [-0.05, 0) is 68.4 Å². The molecule has 1 aliphatic carbocycles. The van der Waals surface area contributed by atoms with Crippen molar-refractivity contribution >= 4 is 17.5 Å². The molecule has 4 rings (SSSR count). The van der Waals surface area contributed by atoms with E-state index < -0.39 is 11.8 Å². The normalized spacial score (nSPS) is 22.4. The lowest BCUT2D eigenvalue weighted by Crippen LogP contribution is -2.39. The van der Waals surface area contributed by atoms with Gasteiger partial charge in [0.15, 0.2) is 17.3 Å². The first kappa shape index (κ1) is 25.7. The molecule has 36 heavy (non-hydrogen) atoms. The molecule has 2 aromatic carbocycles. The van der Waals surface area contributed by atoms with E-state index in [2.05, 4.69) is 0 Å². The number of esters is 1. The predicted octanol–water partition coefficient (Wildman–Crippen LogP) is 5.93. The van der Waals surface area contributed by atoms with Crippen LogP contribution in [-0.4, -0.2) is 37.8 Å². The number of aliphatic imine (C=N–C) groups is 1. The van der Waals surface area contributed by atoms with Gasteiger partial charge in [-0.3, -0.25) is 14.6 Å². The van der Waals surface area contributed by atoms with E-state index in [0.717, 1.165) is 28.8 Å². The van der Waals surface area contributed by atoms with Crippen molar-refractivity contribution in [2.45, 2.75) is 64.9 Å². The van der Waals surface area contributed by atoms with E-state index in [1.54, 1.807) is 14.2 Å². The second kappa shape index (κ2) is 10.7. The summed E-state index contributed by atoms with van der Waals surface area (Å²) in [5.74, 6) is -0.0707. The minimum Gasteiger partial charge on any atom is -0.493 e. The van der Waals surface area contributed by atoms with Crippen LogP contribution < -0.4 is 9.47 Å². The fourth-order valence-corrected chi connectivity index (χ4v) is 5.33. The van der Waals surface area contributed by atoms with Crippen LogP contribution in [0, 0.1) is 12.8 Å². The Kier molecular flexibility index (Phi) is 7.62. The van der Waals surface area contributed by atoms with Crippen molar-refractivity contribution in [1.82, 2.24) is 0 Å². The monoisotopic (exact) mass is 489 g/mol. The van der Waals surface area contributed by atoms with Crippen molar-refractivity contribution in [3.8, 4) is 11.5 Å². The van der Waals surface area contributed by atoms with Gasteiger partial charge in [-0.25, -0.2) is 0 Å². The maximum absolute atomic E-state index is 13.8. The Bertz CT molecular complexity index is 1230. The van der Waals surface area contributed by atoms with Gasteiger partial charge in [-0.2, -0.15) is 0 Å². The third-order valence-corrected chi connectivity index (χ3v) is 7.44. The van der Waals surface area contributed by atoms with Crippen molar-refractivity contribution in [1.29, 1.82) is 0 Å². The molecular weight excluding hydrogens is 454 g/mol. The molecule has 1 heterocycles. The number of carbonyl (C=O) groups is 2. The van der Waals surface area contributed by atoms with Gasteiger partial charge in [-0.15, -0.1) is 0 Å². The minimum atomic E-state index is -0.625. The third kappa shape index (κ3) is 4.81. The van der Waals surface area contributed by atoms with Crippen LogP contribution in [0.5, 0.6) is 11.5 Å². The first-order chi connectivity index (χ1) is 17.3. The summed E-state index contributed by atoms with van der Waals surface area (Å²) in [6.07, 6.45) is 1.49. The summed E-state index contributed by atoms with van der Waals surface area (Å²) in [5, 5.41) is 0. The number of benzene rings is 2. The number of ketones is 1. The molecule has 6 nitrogen and oxygen atoms in total. The molecule has 0 saturated carbocycles. The zero-order valence-electron chi connectivity index (χ0n) is 22.0. The largest absolute Gasteiger partial charge is 0.493 e. The molecule has 1 aliphatic heterocycles. The zero-order chi connectivity index (χ0) is 26.0. The number of aryl methyl sites for hydroxylation is 1. The summed E-state index contributed by atoms with van der Waals surface area (Å²) in [7, 11) is 3.21. The maximum Gasteiger partial charge on any atom is 0.315 e. The van der Waals surface area contributed by atoms with Gasteiger partial charge in [0, 0.05) is 29.3 Å². The first-order valence-corrected chi connectivity index (χ1v) is 12.6. The second-order valence-electron chi connectivity index (χ2n) is 9.72. The Labute approximate surface area is 213 Å². The fraction of sp³-hybridized carbons (Fsp3) is 0.433. The lowest BCUT2D eigenvalue weighted by molar-refractivity contribution is -0.151. The van der Waals surface area contributed by atoms with Crippen molar-refractivity contribution < 1.29 is 23.8 Å². The molecule has 0 fully saturated rings. The van der Waals surface area contributed by atoms with Crippen LogP contribution in [0.4, 0.5) is 0 Å². The summed E-state index contributed by atoms with van der Waals surface area (Å²) < 4.78 is 16.6. The summed E-state index contributed by atoms with van der Waals surface area (Å²) >= 11 is 0. The Morgan fingerprint density at radius 3 is 2.44 bits per heavy atom. The number of allylic oxidation sites excluding steroid dienone is 2. The highest BCUT2D eigenvalue weighted by Crippen LogP contribution is 2.48. The summed E-state index contributed by atoms with van der Waals surface area (Å²) in [5.41, 5.74) is 5.13. The highest BCUT2D eigenvalue weighted by atomic mass is 16.5. The Balaban J connectivity index is 1.78. The van der Waals surface area contributed by atoms with E-state index in [1.807, 2.05) is 70.2 Å². The third-order valence-electron chi connectivity index (χ3n) is 7.44. The molecule has 1 unspecified atom stereocenters. The second-order valence-corrected chi connectivity index (χ2v) is 9.72. The number of ether oxygens (including phenoxy) is 3. The van der Waals surface area contributed by atoms with E-state index in [-0.39, 0.29) is 23.8 Å². The van der Waals surface area contributed by atoms with E-state index in [4.69, 9.17) is 19.2 Å². The topological polar surface area (TPSA) is 74.2 Å². The number of Topliss-reactive ketones (excluding diaryl/α,β-unsaturated/α-hetero) is 1. The highest BCUT2D eigenvalue weighted by Gasteiger charge is 2.45. The van der Waals surface area contributed by atoms with Gasteiger partial charge in [0.2, 0.25) is 0 Å². The number of methoxy groups -OCH3 is 2. The molecule has 0 spiro atoms. The quantitative estimate of drug-likeness (QED) is 0.451. The molecular formula is C30H35NO5. The fourth-order valence-electron chi connectivity index (χ4n) is 5.33. The molecule has 0 radical (unpaired) electrons. The number of hydrogen-bond acceptors (Lipinski definition) is 6. The molecule has 4 atom stereocenters. The molecule has 0 amide bonds. The summed E-state index contributed by atoms with van der Waals surface area (Å²) in [6, 6.07) is 13.8. The van der Waals surface area contributed by atoms with Gasteiger partial charge in [0.1, 0.15) is 5.92 Å². The average molecular weight is 490 g/mol. The van der Waals surface area contributed by atoms with Gasteiger partial charge in [0.05, 0.1) is 20.3 Å². The van der Waals surface area contributed by atoms with Crippen LogP contribution in [0.25, 0.3) is 0 Å². The van der Waals surface area contributed by atoms with Crippen LogP contribution in [0.1, 0.15) is 68.6 Å². The first-order valence-electron chi connectivity index (χ1n) is 12.6. The van der Waals surface area contributed by atoms with E-state index in [1.165, 1.54) is 0 Å². The lowest BCUT2D eigenvalue weighted by Gasteiger charge is -2.37. The smallest absolute Gasteiger partial charge is 0.315 e. The van der Waals surface area contributed by atoms with Gasteiger partial charge < -0.3 is 14.2 Å². The van der Waals surface area contributed by atoms with Crippen LogP contribution in [0.2, 0.25) is 0 Å². The van der Waals surface area contributed by atoms with Crippen LogP contribution >= 0.6 is 0 Å². The predicted molar refractivity (Wildman–Crippen MR) is 140 cm³/mol. The van der Waals surface area contributed by atoms with Crippen molar-refractivity contribution in [2.75, 3.05) is 14.2 Å². The minimum absolute atomic E-state index is 0.0295. The van der Waals surface area contributed by atoms with Gasteiger partial charge >= 0.3 is 5.97 Å². The van der Waals surface area contributed by atoms with E-state index >= 15 is 0 Å². The maximum atomic E-state index is 13.8. The lowest BCUT2D eigenvalue weighted by atomic mass is 9.68. The molecule has 0 saturated heterocycles. The Morgan fingerprint density at radius 2 is 1.78 bits per heavy atom. The number of carbonyl (C=O) groups excluding carboxylic acids is 2. The number of rotatable bonds is 7. The van der Waals surface area contributed by atoms with Crippen LogP contribution in [0.15, 0.2) is 58.7 Å². The van der Waals surface area contributed by atoms with Gasteiger partial charge in [-0.1, -0.05) is 37.3 Å². The van der Waals surface area contributed by atoms with Crippen molar-refractivity contribution in [3.05, 3.63) is 70.4 Å². The molecule has 0 bridgehead atoms. The summed E-state index contributed by atoms with van der Waals surface area (Å²) in [6.45, 7) is 7.77. The molecule has 0 aromatic heterocycles. The highest BCUT2D eigenvalue weighted by molar-refractivity contribution is 6.09. The van der Waals surface area contributed by atoms with E-state index in [0.29, 0.717) is 35.6 Å². The Hall–Kier alpha value is -3.41. The van der Waals surface area contributed by atoms with Crippen molar-refractivity contribution in [2.24, 2.45) is 10.9 Å². The summed E-state index contributed by atoms with van der Waals surface area (Å²) in [4.78, 5) is 32.1. The van der Waals surface area contributed by atoms with Crippen LogP contribution in [0.3, 0.4) is 0 Å². The SMILES string of the molecule is CC[C@@H](C)OC(=O)C1C(C)=NC2=C(C(=O)C[C@H](c3ccc(OC)c(OC)c3)C2)[C@@H]1c1ccccc1C. The molecule has 2 aromatic rings. The molecule has 190 valence electrons. The van der Waals surface area contributed by atoms with Crippen LogP contribution in [-0.2, 0) is 14.3 Å².